The molecule has 0 radical (unpaired) electrons. The number of alkyl halides is 1. The summed E-state index contributed by atoms with van der Waals surface area (Å²) in [5, 5.41) is 44.3. The molecule has 0 bridgehead atoms. The highest BCUT2D eigenvalue weighted by atomic mass is 35.5. The number of rotatable bonds is 10. The van der Waals surface area contributed by atoms with Gasteiger partial charge in [-0.25, -0.2) is 17.6 Å². The van der Waals surface area contributed by atoms with Crippen LogP contribution in [0, 0.1) is 71.1 Å². The third-order valence-corrected chi connectivity index (χ3v) is 8.08. The van der Waals surface area contributed by atoms with E-state index in [0.29, 0.717) is 47.8 Å². The molecule has 0 fully saturated rings. The van der Waals surface area contributed by atoms with Gasteiger partial charge < -0.3 is 20.2 Å². The Bertz CT molecular complexity index is 2290. The molecule has 3 N–H and O–H groups in total. The van der Waals surface area contributed by atoms with Gasteiger partial charge in [-0.1, -0.05) is 36.4 Å². The van der Waals surface area contributed by atoms with Crippen molar-refractivity contribution in [3.8, 4) is 18.2 Å². The van der Waals surface area contributed by atoms with Gasteiger partial charge in [0, 0.05) is 43.3 Å². The fourth-order valence-electron chi connectivity index (χ4n) is 4.89. The molecule has 0 atom stereocenters. The third kappa shape index (κ3) is 14.8. The van der Waals surface area contributed by atoms with Crippen LogP contribution in [0.15, 0.2) is 84.9 Å². The highest BCUT2D eigenvalue weighted by Crippen LogP contribution is 2.13. The normalized spacial score (nSPS) is 9.79. The second-order valence-corrected chi connectivity index (χ2v) is 12.0. The Balaban J connectivity index is 0.000000310. The number of nitrogens with one attached hydrogen (secondary N) is 1. The van der Waals surface area contributed by atoms with E-state index in [-0.39, 0.29) is 25.5 Å². The van der Waals surface area contributed by atoms with E-state index in [0.717, 1.165) is 46.6 Å². The molecule has 0 saturated heterocycles. The molecule has 2 aromatic heterocycles. The van der Waals surface area contributed by atoms with Gasteiger partial charge in [0.05, 0.1) is 54.8 Å². The number of nitrogens with zero attached hydrogens (tertiary/aromatic N) is 9. The minimum atomic E-state index is -0.593. The predicted molar refractivity (Wildman–Crippen MR) is 209 cm³/mol. The zero-order valence-electron chi connectivity index (χ0n) is 31.2. The van der Waals surface area contributed by atoms with Crippen LogP contribution in [0.3, 0.4) is 0 Å². The first-order chi connectivity index (χ1) is 27.0. The fraction of sp³-hybridized carbons (Fsp3) is 0.225. The van der Waals surface area contributed by atoms with Crippen molar-refractivity contribution >= 4 is 24.0 Å². The van der Waals surface area contributed by atoms with Crippen molar-refractivity contribution in [2.24, 2.45) is 5.73 Å². The van der Waals surface area contributed by atoms with Crippen LogP contribution >= 0.6 is 24.0 Å². The summed E-state index contributed by atoms with van der Waals surface area (Å²) in [6.45, 7) is 7.19. The zero-order chi connectivity index (χ0) is 41.0. The van der Waals surface area contributed by atoms with Gasteiger partial charge in [0.15, 0.2) is 0 Å². The summed E-state index contributed by atoms with van der Waals surface area (Å²) < 4.78 is 55.3. The minimum absolute atomic E-state index is 0. The number of nitrogens with two attached hydrogens (primary N) is 1. The summed E-state index contributed by atoms with van der Waals surface area (Å²) in [4.78, 5) is 0. The summed E-state index contributed by atoms with van der Waals surface area (Å²) in [5.41, 5.74) is 9.25. The Morgan fingerprint density at radius 2 is 1.07 bits per heavy atom. The topological polar surface area (TPSA) is 171 Å². The van der Waals surface area contributed by atoms with E-state index in [4.69, 9.17) is 33.1 Å². The first kappa shape index (κ1) is 47.0. The van der Waals surface area contributed by atoms with Crippen LogP contribution < -0.4 is 11.1 Å². The van der Waals surface area contributed by atoms with Crippen molar-refractivity contribution in [2.45, 2.75) is 59.4 Å². The molecule has 11 nitrogen and oxygen atoms in total. The molecule has 4 aromatic carbocycles. The van der Waals surface area contributed by atoms with Crippen LogP contribution in [0.4, 0.5) is 17.6 Å². The lowest BCUT2D eigenvalue weighted by Gasteiger charge is -2.10. The number of benzene rings is 4. The molecule has 6 aromatic rings. The lowest BCUT2D eigenvalue weighted by Crippen LogP contribution is -2.18. The van der Waals surface area contributed by atoms with E-state index < -0.39 is 23.3 Å². The molecular formula is C40H39Cl2F4N11. The van der Waals surface area contributed by atoms with Gasteiger partial charge in [-0.15, -0.1) is 44.4 Å². The lowest BCUT2D eigenvalue weighted by molar-refractivity contribution is 0.553. The predicted octanol–water partition coefficient (Wildman–Crippen LogP) is 7.69. The first-order valence-corrected chi connectivity index (χ1v) is 17.4. The van der Waals surface area contributed by atoms with E-state index in [1.807, 2.05) is 47.2 Å². The van der Waals surface area contributed by atoms with E-state index in [1.165, 1.54) is 31.2 Å². The van der Waals surface area contributed by atoms with Crippen molar-refractivity contribution in [1.82, 2.24) is 34.8 Å². The van der Waals surface area contributed by atoms with Gasteiger partial charge in [0.2, 0.25) is 0 Å². The maximum absolute atomic E-state index is 13.7. The summed E-state index contributed by atoms with van der Waals surface area (Å²) in [6, 6.07) is 27.6. The number of halogens is 6. The molecule has 296 valence electrons. The summed E-state index contributed by atoms with van der Waals surface area (Å²) in [6.07, 6.45) is 0. The second kappa shape index (κ2) is 24.4. The second-order valence-electron chi connectivity index (χ2n) is 11.8. The Kier molecular flexibility index (Phi) is 20.1. The average molecular weight is 821 g/mol. The van der Waals surface area contributed by atoms with Crippen LogP contribution in [0.1, 0.15) is 63.6 Å². The number of hydrogen-bond donors (Lipinski definition) is 2. The number of hydrogen-bond acceptors (Lipinski definition) is 9. The number of aromatic nitrogens is 6. The molecule has 0 saturated carbocycles. The van der Waals surface area contributed by atoms with Crippen molar-refractivity contribution in [3.05, 3.63) is 165 Å². The Labute approximate surface area is 339 Å². The van der Waals surface area contributed by atoms with Gasteiger partial charge >= 0.3 is 0 Å². The Morgan fingerprint density at radius 1 is 0.649 bits per heavy atom. The molecule has 6 rings (SSSR count). The van der Waals surface area contributed by atoms with Gasteiger partial charge in [-0.3, -0.25) is 0 Å². The molecule has 0 spiro atoms. The highest BCUT2D eigenvalue weighted by Gasteiger charge is 2.11. The van der Waals surface area contributed by atoms with E-state index in [1.54, 1.807) is 30.3 Å². The molecule has 0 aliphatic rings. The van der Waals surface area contributed by atoms with Crippen LogP contribution in [0.5, 0.6) is 0 Å². The Morgan fingerprint density at radius 3 is 1.47 bits per heavy atom. The highest BCUT2D eigenvalue weighted by molar-refractivity contribution is 6.16. The summed E-state index contributed by atoms with van der Waals surface area (Å²) >= 11 is 5.79. The third-order valence-electron chi connectivity index (χ3n) is 7.84. The standard InChI is InChI=1S/C19H17F2N5.C12H11ClN4.C7H7F2N.C2H3N.ClH/c1-13-24-25-19(11-23-10-16-6-7-17(20)8-18(16)21)26(13)12-15-4-2-14(9-22)3-5-15;1-9-15-16-12(6-13)17(9)8-11-4-2-10(7-14)3-5-11;8-6-2-1-5(4-10)7(9)3-6;1-2-3;/h2-8,23H,10-12H2,1H3;2-5H,6,8H2,1H3;1-3H,4,10H2;1H3;1H. The molecule has 2 heterocycles. The van der Waals surface area contributed by atoms with Gasteiger partial charge in [0.25, 0.3) is 0 Å². The molecule has 0 unspecified atom stereocenters. The first-order valence-electron chi connectivity index (χ1n) is 16.9. The minimum Gasteiger partial charge on any atom is -0.326 e. The maximum atomic E-state index is 13.7. The quantitative estimate of drug-likeness (QED) is 0.104. The SMILES string of the molecule is CC#N.Cc1nnc(CCl)n1Cc1ccc(C#N)cc1.Cc1nnc(CNCc2ccc(F)cc2F)n1Cc1ccc(C#N)cc1.Cl.NCc1ccc(F)cc1F. The molecule has 0 amide bonds. The lowest BCUT2D eigenvalue weighted by atomic mass is 10.1. The van der Waals surface area contributed by atoms with Crippen molar-refractivity contribution in [2.75, 3.05) is 0 Å². The monoisotopic (exact) mass is 819 g/mol. The maximum Gasteiger partial charge on any atom is 0.148 e. The van der Waals surface area contributed by atoms with Crippen molar-refractivity contribution in [3.63, 3.8) is 0 Å². The molecular weight excluding hydrogens is 781 g/mol. The van der Waals surface area contributed by atoms with E-state index >= 15 is 0 Å². The smallest absolute Gasteiger partial charge is 0.148 e. The summed E-state index contributed by atoms with van der Waals surface area (Å²) in [5.74, 6) is 1.10. The number of nitriles is 3. The zero-order valence-corrected chi connectivity index (χ0v) is 32.8. The van der Waals surface area contributed by atoms with Gasteiger partial charge in [-0.05, 0) is 61.4 Å². The van der Waals surface area contributed by atoms with Crippen LogP contribution in [0.2, 0.25) is 0 Å². The number of aryl methyl sites for hydroxylation is 2. The molecule has 17 heteroatoms. The van der Waals surface area contributed by atoms with Crippen LogP contribution in [0.25, 0.3) is 0 Å². The van der Waals surface area contributed by atoms with E-state index in [2.05, 4.69) is 37.8 Å². The molecule has 0 aliphatic heterocycles. The van der Waals surface area contributed by atoms with Gasteiger partial charge in [0.1, 0.15) is 46.6 Å². The van der Waals surface area contributed by atoms with Crippen molar-refractivity contribution < 1.29 is 17.6 Å². The van der Waals surface area contributed by atoms with Crippen LogP contribution in [-0.2, 0) is 38.6 Å². The van der Waals surface area contributed by atoms with Gasteiger partial charge in [-0.2, -0.15) is 15.8 Å². The van der Waals surface area contributed by atoms with Crippen LogP contribution in [-0.4, -0.2) is 29.5 Å². The van der Waals surface area contributed by atoms with E-state index in [9.17, 15) is 17.6 Å². The fourth-order valence-corrected chi connectivity index (χ4v) is 5.08. The summed E-state index contributed by atoms with van der Waals surface area (Å²) in [7, 11) is 0. The average Bonchev–Trinajstić information content (AvgIpc) is 3.73. The molecule has 57 heavy (non-hydrogen) atoms. The Hall–Kier alpha value is -6.15. The largest absolute Gasteiger partial charge is 0.326 e. The molecule has 0 aliphatic carbocycles. The van der Waals surface area contributed by atoms with Crippen molar-refractivity contribution in [1.29, 1.82) is 15.8 Å².